The second-order valence-corrected chi connectivity index (χ2v) is 13.4. The molecule has 0 heterocycles. The highest BCUT2D eigenvalue weighted by Crippen LogP contribution is 2.67. The van der Waals surface area contributed by atoms with E-state index >= 15 is 0 Å². The van der Waals surface area contributed by atoms with Gasteiger partial charge in [0.15, 0.2) is 0 Å². The molecule has 0 radical (unpaired) electrons. The van der Waals surface area contributed by atoms with E-state index in [2.05, 4.69) is 23.9 Å². The monoisotopic (exact) mass is 487 g/mol. The van der Waals surface area contributed by atoms with Gasteiger partial charge in [-0.25, -0.2) is 0 Å². The van der Waals surface area contributed by atoms with E-state index in [1.807, 2.05) is 13.8 Å². The molecule has 0 bridgehead atoms. The molecule has 3 unspecified atom stereocenters. The van der Waals surface area contributed by atoms with Crippen molar-refractivity contribution in [2.45, 2.75) is 117 Å². The van der Waals surface area contributed by atoms with E-state index in [1.54, 1.807) is 0 Å². The van der Waals surface area contributed by atoms with Crippen LogP contribution in [0.25, 0.3) is 10.4 Å². The summed E-state index contributed by atoms with van der Waals surface area (Å²) in [6.45, 7) is 9.97. The smallest absolute Gasteiger partial charge is 0.306 e. The van der Waals surface area contributed by atoms with Crippen LogP contribution in [0.2, 0.25) is 0 Å². The largest absolute Gasteiger partial charge is 0.457 e. The highest BCUT2D eigenvalue weighted by atomic mass is 16.6. The van der Waals surface area contributed by atoms with Crippen molar-refractivity contribution in [3.63, 3.8) is 0 Å². The third-order valence-corrected chi connectivity index (χ3v) is 11.0. The molecule has 0 aromatic rings. The Kier molecular flexibility index (Phi) is 8.43. The molecule has 35 heavy (non-hydrogen) atoms. The molecule has 0 amide bonds. The van der Waals surface area contributed by atoms with Gasteiger partial charge in [-0.3, -0.25) is 4.79 Å². The Hall–Kier alpha value is -1.26. The molecule has 4 fully saturated rings. The Bertz CT molecular complexity index is 794. The van der Waals surface area contributed by atoms with E-state index in [-0.39, 0.29) is 5.97 Å². The molecule has 4 aliphatic rings. The zero-order chi connectivity index (χ0) is 25.1. The Labute approximate surface area is 212 Å². The van der Waals surface area contributed by atoms with Crippen LogP contribution in [0.4, 0.5) is 0 Å². The van der Waals surface area contributed by atoms with Crippen molar-refractivity contribution in [2.24, 2.45) is 45.5 Å². The van der Waals surface area contributed by atoms with E-state index in [4.69, 9.17) is 15.0 Å². The molecule has 0 N–H and O–H groups in total. The van der Waals surface area contributed by atoms with Crippen LogP contribution in [-0.4, -0.2) is 31.3 Å². The van der Waals surface area contributed by atoms with Crippen molar-refractivity contribution in [3.05, 3.63) is 10.4 Å². The van der Waals surface area contributed by atoms with Crippen molar-refractivity contribution < 1.29 is 14.3 Å². The van der Waals surface area contributed by atoms with Crippen LogP contribution in [0.5, 0.6) is 0 Å². The third kappa shape index (κ3) is 5.69. The number of rotatable bonds is 10. The van der Waals surface area contributed by atoms with Gasteiger partial charge in [-0.2, -0.15) is 0 Å². The van der Waals surface area contributed by atoms with Crippen molar-refractivity contribution in [3.8, 4) is 0 Å². The fourth-order valence-electron chi connectivity index (χ4n) is 9.23. The zero-order valence-electron chi connectivity index (χ0n) is 22.8. The predicted molar refractivity (Wildman–Crippen MR) is 139 cm³/mol. The van der Waals surface area contributed by atoms with Gasteiger partial charge < -0.3 is 9.47 Å². The summed E-state index contributed by atoms with van der Waals surface area (Å²) in [4.78, 5) is 15.3. The summed E-state index contributed by atoms with van der Waals surface area (Å²) < 4.78 is 11.2. The fourth-order valence-corrected chi connectivity index (χ4v) is 9.23. The van der Waals surface area contributed by atoms with Gasteiger partial charge >= 0.3 is 5.97 Å². The first-order valence-electron chi connectivity index (χ1n) is 14.5. The van der Waals surface area contributed by atoms with Crippen LogP contribution in [0, 0.1) is 40.4 Å². The topological polar surface area (TPSA) is 84.3 Å². The van der Waals surface area contributed by atoms with Gasteiger partial charge in [0.05, 0.1) is 13.2 Å². The number of esters is 1. The minimum absolute atomic E-state index is 0.124. The molecule has 0 aromatic carbocycles. The molecule has 4 saturated carbocycles. The first kappa shape index (κ1) is 26.8. The second kappa shape index (κ2) is 11.0. The number of ether oxygens (including phenoxy) is 2. The number of carbonyl (C=O) groups is 1. The van der Waals surface area contributed by atoms with E-state index < -0.39 is 5.60 Å². The quantitative estimate of drug-likeness (QED) is 0.103. The average Bonchev–Trinajstić information content (AvgIpc) is 3.14. The summed E-state index contributed by atoms with van der Waals surface area (Å²) >= 11 is 0. The summed E-state index contributed by atoms with van der Waals surface area (Å²) in [5.74, 6) is 4.44. The number of hydrogen-bond acceptors (Lipinski definition) is 4. The molecular formula is C29H49N3O3. The maximum atomic E-state index is 12.5. The number of nitrogens with zero attached hydrogens (tertiary/aromatic N) is 3. The first-order chi connectivity index (χ1) is 16.7. The molecule has 0 saturated heterocycles. The molecule has 4 rings (SSSR count). The van der Waals surface area contributed by atoms with E-state index in [1.165, 1.54) is 64.2 Å². The van der Waals surface area contributed by atoms with Gasteiger partial charge in [0.25, 0.3) is 0 Å². The molecule has 0 aliphatic heterocycles. The highest BCUT2D eigenvalue weighted by molar-refractivity contribution is 5.69. The van der Waals surface area contributed by atoms with Crippen molar-refractivity contribution in [1.82, 2.24) is 0 Å². The van der Waals surface area contributed by atoms with Crippen LogP contribution in [0.15, 0.2) is 5.11 Å². The Morgan fingerprint density at radius 1 is 1.03 bits per heavy atom. The third-order valence-electron chi connectivity index (χ3n) is 11.0. The fraction of sp³-hybridized carbons (Fsp3) is 0.966. The molecule has 4 aliphatic carbocycles. The van der Waals surface area contributed by atoms with Gasteiger partial charge in [0.1, 0.15) is 5.60 Å². The lowest BCUT2D eigenvalue weighted by molar-refractivity contribution is -0.162. The molecule has 0 aromatic heterocycles. The molecule has 7 atom stereocenters. The number of azide groups is 1. The first-order valence-corrected chi connectivity index (χ1v) is 14.5. The van der Waals surface area contributed by atoms with Crippen molar-refractivity contribution in [2.75, 3.05) is 19.8 Å². The summed E-state index contributed by atoms with van der Waals surface area (Å²) in [5.41, 5.74) is 8.75. The second-order valence-electron chi connectivity index (χ2n) is 13.4. The number of fused-ring (bicyclic) bond motifs is 5. The Morgan fingerprint density at radius 2 is 1.83 bits per heavy atom. The van der Waals surface area contributed by atoms with E-state index in [0.29, 0.717) is 37.0 Å². The lowest BCUT2D eigenvalue weighted by Crippen LogP contribution is -2.52. The van der Waals surface area contributed by atoms with Crippen LogP contribution >= 0.6 is 0 Å². The summed E-state index contributed by atoms with van der Waals surface area (Å²) in [5, 5.41) is 3.46. The molecule has 0 spiro atoms. The van der Waals surface area contributed by atoms with Gasteiger partial charge in [0.2, 0.25) is 0 Å². The van der Waals surface area contributed by atoms with Crippen LogP contribution in [-0.2, 0) is 14.3 Å². The lowest BCUT2D eigenvalue weighted by atomic mass is 9.45. The maximum Gasteiger partial charge on any atom is 0.306 e. The standard InChI is InChI=1S/C29H49N3O3/c1-27(2,20-34-19-18-31-32-30)35-26(33)10-7-9-22-12-14-24-23-13-11-21-8-5-6-16-28(21,3)25(23)15-17-29(22,24)4/h21-25H,5-20H2,1-4H3/t21-,22?,23-,24?,25?,28-,29+/m0/s1. The molecule has 198 valence electrons. The zero-order valence-corrected chi connectivity index (χ0v) is 22.8. The average molecular weight is 488 g/mol. The van der Waals surface area contributed by atoms with Gasteiger partial charge in [0, 0.05) is 17.9 Å². The minimum atomic E-state index is -0.662. The summed E-state index contributed by atoms with van der Waals surface area (Å²) in [7, 11) is 0. The minimum Gasteiger partial charge on any atom is -0.457 e. The molecular weight excluding hydrogens is 438 g/mol. The van der Waals surface area contributed by atoms with Gasteiger partial charge in [-0.05, 0) is 124 Å². The number of carbonyl (C=O) groups excluding carboxylic acids is 1. The van der Waals surface area contributed by atoms with Gasteiger partial charge in [-0.1, -0.05) is 31.8 Å². The Morgan fingerprint density at radius 3 is 2.63 bits per heavy atom. The van der Waals surface area contributed by atoms with E-state index in [9.17, 15) is 4.79 Å². The van der Waals surface area contributed by atoms with Crippen molar-refractivity contribution >= 4 is 5.97 Å². The highest BCUT2D eigenvalue weighted by Gasteiger charge is 2.59. The molecule has 6 heteroatoms. The predicted octanol–water partition coefficient (Wildman–Crippen LogP) is 7.85. The van der Waals surface area contributed by atoms with Gasteiger partial charge in [-0.15, -0.1) is 0 Å². The SMILES string of the molecule is CC(C)(COCCN=[N+]=[N-])OC(=O)CCCC1CCC2[C@@H]3CC[C@@H]4CCCC[C@]4(C)C3CC[C@]12C. The van der Waals surface area contributed by atoms with E-state index in [0.717, 1.165) is 42.4 Å². The maximum absolute atomic E-state index is 12.5. The van der Waals surface area contributed by atoms with Crippen LogP contribution in [0.3, 0.4) is 0 Å². The summed E-state index contributed by atoms with van der Waals surface area (Å²) in [6, 6.07) is 0. The summed E-state index contributed by atoms with van der Waals surface area (Å²) in [6.07, 6.45) is 17.0. The number of hydrogen-bond donors (Lipinski definition) is 0. The normalized spacial score (nSPS) is 38.6. The molecule has 6 nitrogen and oxygen atoms in total. The van der Waals surface area contributed by atoms with Crippen molar-refractivity contribution in [1.29, 1.82) is 0 Å². The lowest BCUT2D eigenvalue weighted by Gasteiger charge is -2.60. The Balaban J connectivity index is 1.25. The van der Waals surface area contributed by atoms with Crippen LogP contribution in [0.1, 0.15) is 111 Å². The van der Waals surface area contributed by atoms with Crippen LogP contribution < -0.4 is 0 Å².